The Labute approximate surface area is 58.0 Å². The van der Waals surface area contributed by atoms with Gasteiger partial charge >= 0.3 is 0 Å². The summed E-state index contributed by atoms with van der Waals surface area (Å²) in [6.07, 6.45) is 4.02. The second-order valence-corrected chi connectivity index (χ2v) is 2.19. The summed E-state index contributed by atoms with van der Waals surface area (Å²) in [6.45, 7) is 6.25. The lowest BCUT2D eigenvalue weighted by molar-refractivity contribution is 1.26. The smallest absolute Gasteiger partial charge is 0.0272 e. The molecule has 0 aliphatic rings. The van der Waals surface area contributed by atoms with Crippen LogP contribution in [0.4, 0.5) is 0 Å². The highest BCUT2D eigenvalue weighted by molar-refractivity contribution is 5.06. The van der Waals surface area contributed by atoms with Crippen LogP contribution in [0.25, 0.3) is 0 Å². The molecule has 0 saturated heterocycles. The fourth-order valence-electron chi connectivity index (χ4n) is 0.452. The average molecular weight is 122 g/mol. The maximum atomic E-state index is 3.04. The van der Waals surface area contributed by atoms with E-state index in [0.717, 1.165) is 12.8 Å². The van der Waals surface area contributed by atoms with Crippen molar-refractivity contribution in [2.75, 3.05) is 0 Å². The Morgan fingerprint density at radius 3 is 2.44 bits per heavy atom. The van der Waals surface area contributed by atoms with Gasteiger partial charge in [0, 0.05) is 12.8 Å². The molecule has 0 radical (unpaired) electrons. The Bertz CT molecular complexity index is 137. The van der Waals surface area contributed by atoms with Gasteiger partial charge in [0.25, 0.3) is 0 Å². The quantitative estimate of drug-likeness (QED) is 0.370. The predicted octanol–water partition coefficient (Wildman–Crippen LogP) is 2.76. The highest BCUT2D eigenvalue weighted by atomic mass is 13.8. The van der Waals surface area contributed by atoms with Crippen LogP contribution >= 0.6 is 0 Å². The van der Waals surface area contributed by atoms with Gasteiger partial charge in [0.05, 0.1) is 0 Å². The average Bonchev–Trinajstić information content (AvgIpc) is 1.80. The molecule has 0 atom stereocenters. The van der Waals surface area contributed by atoms with Crippen LogP contribution in [0.1, 0.15) is 33.6 Å². The Hall–Kier alpha value is -0.700. The van der Waals surface area contributed by atoms with E-state index >= 15 is 0 Å². The third-order valence-electron chi connectivity index (χ3n) is 0.914. The first-order chi connectivity index (χ1) is 4.27. The molecule has 0 rings (SSSR count). The van der Waals surface area contributed by atoms with E-state index in [4.69, 9.17) is 0 Å². The minimum Gasteiger partial charge on any atom is -0.103 e. The second kappa shape index (κ2) is 5.44. The van der Waals surface area contributed by atoms with Crippen LogP contribution in [0.15, 0.2) is 11.6 Å². The third kappa shape index (κ3) is 7.30. The maximum Gasteiger partial charge on any atom is 0.0272 e. The molecule has 0 aromatic heterocycles. The molecule has 0 heterocycles. The van der Waals surface area contributed by atoms with E-state index in [0.29, 0.717) is 0 Å². The molecule has 0 N–H and O–H groups in total. The first kappa shape index (κ1) is 8.30. The van der Waals surface area contributed by atoms with Gasteiger partial charge in [-0.25, -0.2) is 0 Å². The highest BCUT2D eigenvalue weighted by Gasteiger charge is 1.71. The van der Waals surface area contributed by atoms with Gasteiger partial charge in [0.2, 0.25) is 0 Å². The molecule has 0 nitrogen and oxygen atoms in total. The van der Waals surface area contributed by atoms with E-state index in [1.54, 1.807) is 0 Å². The van der Waals surface area contributed by atoms with Crippen LogP contribution in [0.5, 0.6) is 0 Å². The zero-order chi connectivity index (χ0) is 7.11. The SMILES string of the molecule is CCC#CCC=C(C)C. The molecule has 0 fully saturated rings. The normalized spacial score (nSPS) is 7.44. The van der Waals surface area contributed by atoms with Crippen LogP contribution in [0, 0.1) is 11.8 Å². The summed E-state index contributed by atoms with van der Waals surface area (Å²) in [7, 11) is 0. The first-order valence-corrected chi connectivity index (χ1v) is 3.36. The summed E-state index contributed by atoms with van der Waals surface area (Å²) in [5.74, 6) is 6.05. The molecule has 0 aliphatic heterocycles. The highest BCUT2D eigenvalue weighted by Crippen LogP contribution is 1.90. The van der Waals surface area contributed by atoms with E-state index in [-0.39, 0.29) is 0 Å². The molecule has 0 aliphatic carbocycles. The molecular weight excluding hydrogens is 108 g/mol. The topological polar surface area (TPSA) is 0 Å². The molecule has 0 heteroatoms. The van der Waals surface area contributed by atoms with Crippen LogP contribution in [-0.2, 0) is 0 Å². The standard InChI is InChI=1S/C9H14/c1-4-5-6-7-8-9(2)3/h8H,4,7H2,1-3H3. The maximum absolute atomic E-state index is 3.04. The zero-order valence-corrected chi connectivity index (χ0v) is 6.49. The number of rotatable bonds is 1. The lowest BCUT2D eigenvalue weighted by Gasteiger charge is -1.81. The van der Waals surface area contributed by atoms with Crippen molar-refractivity contribution in [2.45, 2.75) is 33.6 Å². The summed E-state index contributed by atoms with van der Waals surface area (Å²) in [5.41, 5.74) is 1.35. The Kier molecular flexibility index (Phi) is 5.01. The van der Waals surface area contributed by atoms with Crippen molar-refractivity contribution < 1.29 is 0 Å². The summed E-state index contributed by atoms with van der Waals surface area (Å²) >= 11 is 0. The van der Waals surface area contributed by atoms with Gasteiger partial charge in [0.1, 0.15) is 0 Å². The van der Waals surface area contributed by atoms with Crippen LogP contribution in [0.3, 0.4) is 0 Å². The molecule has 50 valence electrons. The van der Waals surface area contributed by atoms with Crippen molar-refractivity contribution in [3.8, 4) is 11.8 Å². The van der Waals surface area contributed by atoms with E-state index in [1.165, 1.54) is 5.57 Å². The molecule has 0 spiro atoms. The second-order valence-electron chi connectivity index (χ2n) is 2.19. The molecule has 0 saturated carbocycles. The largest absolute Gasteiger partial charge is 0.103 e. The fourth-order valence-corrected chi connectivity index (χ4v) is 0.452. The fraction of sp³-hybridized carbons (Fsp3) is 0.556. The number of allylic oxidation sites excluding steroid dienone is 2. The third-order valence-corrected chi connectivity index (χ3v) is 0.914. The summed E-state index contributed by atoms with van der Waals surface area (Å²) < 4.78 is 0. The van der Waals surface area contributed by atoms with Crippen LogP contribution in [0.2, 0.25) is 0 Å². The van der Waals surface area contributed by atoms with E-state index in [9.17, 15) is 0 Å². The van der Waals surface area contributed by atoms with Crippen LogP contribution < -0.4 is 0 Å². The van der Waals surface area contributed by atoms with Gasteiger partial charge < -0.3 is 0 Å². The van der Waals surface area contributed by atoms with Gasteiger partial charge in [-0.15, -0.1) is 5.92 Å². The van der Waals surface area contributed by atoms with Gasteiger partial charge in [-0.1, -0.05) is 24.5 Å². The minimum atomic E-state index is 0.913. The predicted molar refractivity (Wildman–Crippen MR) is 42.1 cm³/mol. The van der Waals surface area contributed by atoms with E-state index in [1.807, 2.05) is 0 Å². The van der Waals surface area contributed by atoms with Gasteiger partial charge in [-0.05, 0) is 13.8 Å². The van der Waals surface area contributed by atoms with Crippen molar-refractivity contribution in [1.29, 1.82) is 0 Å². The Morgan fingerprint density at radius 2 is 2.00 bits per heavy atom. The van der Waals surface area contributed by atoms with Crippen molar-refractivity contribution >= 4 is 0 Å². The lowest BCUT2D eigenvalue weighted by atomic mass is 10.3. The monoisotopic (exact) mass is 122 g/mol. The van der Waals surface area contributed by atoms with Gasteiger partial charge in [-0.3, -0.25) is 0 Å². The number of hydrogen-bond acceptors (Lipinski definition) is 0. The minimum absolute atomic E-state index is 0.913. The van der Waals surface area contributed by atoms with Crippen molar-refractivity contribution in [3.05, 3.63) is 11.6 Å². The molecule has 0 aromatic carbocycles. The Morgan fingerprint density at radius 1 is 1.33 bits per heavy atom. The summed E-state index contributed by atoms with van der Waals surface area (Å²) in [6, 6.07) is 0. The number of hydrogen-bond donors (Lipinski definition) is 0. The molecule has 0 amide bonds. The zero-order valence-electron chi connectivity index (χ0n) is 6.49. The molecule has 0 aromatic rings. The van der Waals surface area contributed by atoms with E-state index in [2.05, 4.69) is 38.7 Å². The van der Waals surface area contributed by atoms with Gasteiger partial charge in [-0.2, -0.15) is 0 Å². The summed E-state index contributed by atoms with van der Waals surface area (Å²) in [5, 5.41) is 0. The Balaban J connectivity index is 3.40. The van der Waals surface area contributed by atoms with Crippen LogP contribution in [-0.4, -0.2) is 0 Å². The molecule has 0 bridgehead atoms. The molecular formula is C9H14. The lowest BCUT2D eigenvalue weighted by Crippen LogP contribution is -1.63. The van der Waals surface area contributed by atoms with E-state index < -0.39 is 0 Å². The molecule has 9 heavy (non-hydrogen) atoms. The van der Waals surface area contributed by atoms with Crippen molar-refractivity contribution in [1.82, 2.24) is 0 Å². The van der Waals surface area contributed by atoms with Crippen molar-refractivity contribution in [2.24, 2.45) is 0 Å². The van der Waals surface area contributed by atoms with Crippen molar-refractivity contribution in [3.63, 3.8) is 0 Å². The van der Waals surface area contributed by atoms with Gasteiger partial charge in [0.15, 0.2) is 0 Å². The molecule has 0 unspecified atom stereocenters. The summed E-state index contributed by atoms with van der Waals surface area (Å²) in [4.78, 5) is 0. The first-order valence-electron chi connectivity index (χ1n) is 3.36.